The molecule has 1 aliphatic heterocycles. The number of nitrogens with zero attached hydrogens (tertiary/aromatic N) is 2. The molecule has 2 fully saturated rings. The van der Waals surface area contributed by atoms with Gasteiger partial charge in [-0.2, -0.15) is 0 Å². The van der Waals surface area contributed by atoms with Crippen molar-refractivity contribution in [2.24, 2.45) is 5.41 Å². The highest BCUT2D eigenvalue weighted by molar-refractivity contribution is 5.83. The minimum absolute atomic E-state index is 0.0679. The first-order valence-electron chi connectivity index (χ1n) is 8.70. The Hall–Kier alpha value is -1.10. The molecule has 0 radical (unpaired) electrons. The number of amides is 1. The van der Waals surface area contributed by atoms with Gasteiger partial charge < -0.3 is 10.0 Å². The molecule has 0 spiro atoms. The highest BCUT2D eigenvalue weighted by Crippen LogP contribution is 2.46. The Morgan fingerprint density at radius 3 is 2.50 bits per heavy atom. The number of likely N-dealkylation sites (tertiary alicyclic amines) is 1. The van der Waals surface area contributed by atoms with Gasteiger partial charge in [0.2, 0.25) is 5.91 Å². The van der Waals surface area contributed by atoms with E-state index >= 15 is 0 Å². The first-order chi connectivity index (χ1) is 10.5. The molecule has 0 aromatic heterocycles. The largest absolute Gasteiger partial charge is 0.480 e. The number of hydrogen-bond acceptors (Lipinski definition) is 3. The van der Waals surface area contributed by atoms with Crippen LogP contribution in [0.15, 0.2) is 0 Å². The molecule has 1 saturated carbocycles. The van der Waals surface area contributed by atoms with E-state index in [0.717, 1.165) is 58.0 Å². The fourth-order valence-corrected chi connectivity index (χ4v) is 4.05. The van der Waals surface area contributed by atoms with Crippen molar-refractivity contribution in [3.8, 4) is 0 Å². The first kappa shape index (κ1) is 17.3. The van der Waals surface area contributed by atoms with Gasteiger partial charge in [-0.25, -0.2) is 0 Å². The lowest BCUT2D eigenvalue weighted by Crippen LogP contribution is -2.48. The maximum atomic E-state index is 12.9. The van der Waals surface area contributed by atoms with E-state index in [1.54, 1.807) is 0 Å². The molecule has 0 bridgehead atoms. The predicted octanol–water partition coefficient (Wildman–Crippen LogP) is 2.35. The van der Waals surface area contributed by atoms with Gasteiger partial charge in [0.15, 0.2) is 0 Å². The van der Waals surface area contributed by atoms with Crippen LogP contribution in [-0.2, 0) is 9.59 Å². The summed E-state index contributed by atoms with van der Waals surface area (Å²) in [5.74, 6) is -0.418. The summed E-state index contributed by atoms with van der Waals surface area (Å²) < 4.78 is 0. The monoisotopic (exact) mass is 310 g/mol. The molecule has 2 aliphatic rings. The van der Waals surface area contributed by atoms with Crippen molar-refractivity contribution >= 4 is 11.9 Å². The van der Waals surface area contributed by atoms with Crippen molar-refractivity contribution in [2.45, 2.75) is 64.3 Å². The van der Waals surface area contributed by atoms with Crippen LogP contribution in [0, 0.1) is 5.41 Å². The normalized spacial score (nSPS) is 24.7. The Morgan fingerprint density at radius 2 is 1.95 bits per heavy atom. The zero-order valence-corrected chi connectivity index (χ0v) is 14.0. The van der Waals surface area contributed by atoms with E-state index in [9.17, 15) is 9.59 Å². The van der Waals surface area contributed by atoms with E-state index in [4.69, 9.17) is 5.11 Å². The lowest BCUT2D eigenvalue weighted by molar-refractivity contribution is -0.148. The van der Waals surface area contributed by atoms with Crippen LogP contribution in [-0.4, -0.2) is 59.5 Å². The number of rotatable bonds is 6. The quantitative estimate of drug-likeness (QED) is 0.818. The summed E-state index contributed by atoms with van der Waals surface area (Å²) in [6.07, 6.45) is 8.23. The van der Waals surface area contributed by atoms with Crippen LogP contribution >= 0.6 is 0 Å². The second kappa shape index (κ2) is 7.44. The Kier molecular flexibility index (Phi) is 5.84. The maximum absolute atomic E-state index is 12.9. The molecule has 1 amide bonds. The number of aliphatic carboxylic acids is 1. The molecule has 22 heavy (non-hydrogen) atoms. The van der Waals surface area contributed by atoms with Crippen LogP contribution in [0.5, 0.6) is 0 Å². The predicted molar refractivity (Wildman–Crippen MR) is 85.7 cm³/mol. The molecule has 2 rings (SSSR count). The fourth-order valence-electron chi connectivity index (χ4n) is 4.05. The van der Waals surface area contributed by atoms with E-state index in [2.05, 4.69) is 11.8 Å². The topological polar surface area (TPSA) is 60.9 Å². The van der Waals surface area contributed by atoms with Gasteiger partial charge in [0, 0.05) is 24.5 Å². The molecule has 1 aliphatic carbocycles. The Morgan fingerprint density at radius 1 is 1.23 bits per heavy atom. The third kappa shape index (κ3) is 3.80. The second-order valence-electron chi connectivity index (χ2n) is 7.07. The Balaban J connectivity index is 1.92. The SMILES string of the molecule is CCCC1(C(=O)N2CCCC(N(C)CC(=O)O)CC2)CCC1. The molecule has 0 aromatic rings. The van der Waals surface area contributed by atoms with Gasteiger partial charge >= 0.3 is 5.97 Å². The van der Waals surface area contributed by atoms with E-state index in [1.807, 2.05) is 11.9 Å². The third-order valence-electron chi connectivity index (χ3n) is 5.49. The molecule has 1 heterocycles. The van der Waals surface area contributed by atoms with Crippen molar-refractivity contribution in [1.29, 1.82) is 0 Å². The minimum atomic E-state index is -0.781. The van der Waals surface area contributed by atoms with Crippen molar-refractivity contribution in [1.82, 2.24) is 9.80 Å². The number of likely N-dealkylation sites (N-methyl/N-ethyl adjacent to an activating group) is 1. The van der Waals surface area contributed by atoms with Crippen LogP contribution in [0.3, 0.4) is 0 Å². The highest BCUT2D eigenvalue weighted by atomic mass is 16.4. The molecular formula is C17H30N2O3. The number of carbonyl (C=O) groups excluding carboxylic acids is 1. The van der Waals surface area contributed by atoms with E-state index < -0.39 is 5.97 Å². The molecule has 5 nitrogen and oxygen atoms in total. The van der Waals surface area contributed by atoms with E-state index in [-0.39, 0.29) is 18.0 Å². The fraction of sp³-hybridized carbons (Fsp3) is 0.882. The molecule has 1 unspecified atom stereocenters. The average molecular weight is 310 g/mol. The molecule has 1 atom stereocenters. The van der Waals surface area contributed by atoms with Gasteiger partial charge in [0.05, 0.1) is 6.54 Å². The summed E-state index contributed by atoms with van der Waals surface area (Å²) in [7, 11) is 1.88. The molecule has 126 valence electrons. The van der Waals surface area contributed by atoms with Crippen molar-refractivity contribution in [3.05, 3.63) is 0 Å². The lowest BCUT2D eigenvalue weighted by atomic mass is 9.65. The van der Waals surface area contributed by atoms with Crippen LogP contribution in [0.4, 0.5) is 0 Å². The third-order valence-corrected chi connectivity index (χ3v) is 5.49. The van der Waals surface area contributed by atoms with Crippen molar-refractivity contribution in [2.75, 3.05) is 26.7 Å². The number of carboxylic acid groups (broad SMARTS) is 1. The summed E-state index contributed by atoms with van der Waals surface area (Å²) >= 11 is 0. The molecule has 1 N–H and O–H groups in total. The molecule has 0 aromatic carbocycles. The minimum Gasteiger partial charge on any atom is -0.480 e. The van der Waals surface area contributed by atoms with Gasteiger partial charge in [-0.05, 0) is 45.6 Å². The zero-order valence-electron chi connectivity index (χ0n) is 14.0. The number of hydrogen-bond donors (Lipinski definition) is 1. The smallest absolute Gasteiger partial charge is 0.317 e. The van der Waals surface area contributed by atoms with Crippen LogP contribution in [0.1, 0.15) is 58.3 Å². The first-order valence-corrected chi connectivity index (χ1v) is 8.70. The Labute approximate surface area is 133 Å². The van der Waals surface area contributed by atoms with Gasteiger partial charge in [-0.1, -0.05) is 19.8 Å². The number of carbonyl (C=O) groups is 2. The average Bonchev–Trinajstić information content (AvgIpc) is 2.67. The lowest BCUT2D eigenvalue weighted by Gasteiger charge is -2.43. The van der Waals surface area contributed by atoms with Gasteiger partial charge in [-0.3, -0.25) is 14.5 Å². The van der Waals surface area contributed by atoms with Gasteiger partial charge in [-0.15, -0.1) is 0 Å². The molecular weight excluding hydrogens is 280 g/mol. The summed E-state index contributed by atoms with van der Waals surface area (Å²) in [5, 5.41) is 8.92. The van der Waals surface area contributed by atoms with Gasteiger partial charge in [0.25, 0.3) is 0 Å². The summed E-state index contributed by atoms with van der Waals surface area (Å²) in [6.45, 7) is 3.85. The van der Waals surface area contributed by atoms with Crippen LogP contribution in [0.25, 0.3) is 0 Å². The summed E-state index contributed by atoms with van der Waals surface area (Å²) in [6, 6.07) is 0.275. The Bertz CT molecular complexity index is 407. The van der Waals surface area contributed by atoms with Crippen molar-refractivity contribution < 1.29 is 14.7 Å². The zero-order chi connectivity index (χ0) is 16.2. The van der Waals surface area contributed by atoms with Crippen molar-refractivity contribution in [3.63, 3.8) is 0 Å². The molecule has 5 heteroatoms. The summed E-state index contributed by atoms with van der Waals surface area (Å²) in [5.41, 5.74) is -0.0679. The molecule has 1 saturated heterocycles. The van der Waals surface area contributed by atoms with Crippen LogP contribution < -0.4 is 0 Å². The maximum Gasteiger partial charge on any atom is 0.317 e. The second-order valence-corrected chi connectivity index (χ2v) is 7.07. The van der Waals surface area contributed by atoms with Crippen LogP contribution in [0.2, 0.25) is 0 Å². The van der Waals surface area contributed by atoms with E-state index in [0.29, 0.717) is 5.91 Å². The van der Waals surface area contributed by atoms with Gasteiger partial charge in [0.1, 0.15) is 0 Å². The van der Waals surface area contributed by atoms with E-state index in [1.165, 1.54) is 6.42 Å². The standard InChI is InChI=1S/C17H30N2O3/c1-3-8-17(9-5-10-17)16(22)19-11-4-6-14(7-12-19)18(2)13-15(20)21/h14H,3-13H2,1-2H3,(H,20,21). The summed E-state index contributed by atoms with van der Waals surface area (Å²) in [4.78, 5) is 27.7. The highest BCUT2D eigenvalue weighted by Gasteiger charge is 2.45. The number of carboxylic acids is 1.